The van der Waals surface area contributed by atoms with Crippen molar-refractivity contribution in [2.75, 3.05) is 12.8 Å². The van der Waals surface area contributed by atoms with Crippen LogP contribution in [0.15, 0.2) is 12.7 Å². The summed E-state index contributed by atoms with van der Waals surface area (Å²) in [4.78, 5) is 14.4. The Labute approximate surface area is 69.0 Å². The number of imidazole rings is 1. The molecule has 6 nitrogen and oxygen atoms in total. The smallest absolute Gasteiger partial charge is 0.182 e. The Balaban J connectivity index is 0.000000336. The minimum atomic E-state index is 0.433. The number of rotatable bonds is 0. The molecule has 2 heterocycles. The molecule has 0 atom stereocenters. The summed E-state index contributed by atoms with van der Waals surface area (Å²) < 4.78 is 0. The van der Waals surface area contributed by atoms with Crippen molar-refractivity contribution < 1.29 is 0 Å². The maximum Gasteiger partial charge on any atom is 0.182 e. The number of aromatic amines is 1. The summed E-state index contributed by atoms with van der Waals surface area (Å²) in [6.07, 6.45) is 2.92. The van der Waals surface area contributed by atoms with Gasteiger partial charge in [0.05, 0.1) is 6.33 Å². The van der Waals surface area contributed by atoms with Crippen LogP contribution >= 0.6 is 0 Å². The molecule has 0 aromatic carbocycles. The van der Waals surface area contributed by atoms with Gasteiger partial charge in [-0.05, 0) is 7.05 Å². The lowest BCUT2D eigenvalue weighted by molar-refractivity contribution is 1.21. The van der Waals surface area contributed by atoms with Crippen molar-refractivity contribution in [2.24, 2.45) is 5.73 Å². The maximum atomic E-state index is 5.48. The minimum Gasteiger partial charge on any atom is -0.382 e. The van der Waals surface area contributed by atoms with E-state index in [1.165, 1.54) is 19.7 Å². The first kappa shape index (κ1) is 8.41. The van der Waals surface area contributed by atoms with Gasteiger partial charge in [0.1, 0.15) is 11.8 Å². The summed E-state index contributed by atoms with van der Waals surface area (Å²) in [5.74, 6) is 0.433. The number of nitrogens with zero attached hydrogens (tertiary/aromatic N) is 3. The van der Waals surface area contributed by atoms with Crippen molar-refractivity contribution >= 4 is 17.0 Å². The van der Waals surface area contributed by atoms with Crippen molar-refractivity contribution in [3.8, 4) is 0 Å². The second-order valence-electron chi connectivity index (χ2n) is 1.86. The molecule has 0 spiro atoms. The zero-order chi connectivity index (χ0) is 8.97. The standard InChI is InChI=1S/C5H5N5.CH5N/c6-4-3-5(9-1-7-3)10-2-8-4;1-2/h1-2H,(H3,6,7,8,9,10);2H2,1H3. The van der Waals surface area contributed by atoms with Crippen LogP contribution in [0.5, 0.6) is 0 Å². The molecule has 5 N–H and O–H groups in total. The van der Waals surface area contributed by atoms with Gasteiger partial charge in [-0.2, -0.15) is 0 Å². The number of H-pyrrole nitrogens is 1. The lowest BCUT2D eigenvalue weighted by atomic mass is 10.5. The molecule has 2 rings (SSSR count). The summed E-state index contributed by atoms with van der Waals surface area (Å²) in [6, 6.07) is 0. The average molecular weight is 166 g/mol. The van der Waals surface area contributed by atoms with E-state index in [0.717, 1.165) is 0 Å². The van der Waals surface area contributed by atoms with E-state index >= 15 is 0 Å². The molecular formula is C6H10N6. The van der Waals surface area contributed by atoms with Gasteiger partial charge in [-0.15, -0.1) is 0 Å². The molecule has 0 saturated heterocycles. The van der Waals surface area contributed by atoms with Gasteiger partial charge in [-0.1, -0.05) is 0 Å². The molecular weight excluding hydrogens is 156 g/mol. The first-order valence-electron chi connectivity index (χ1n) is 3.35. The summed E-state index contributed by atoms with van der Waals surface area (Å²) in [6.45, 7) is 0. The van der Waals surface area contributed by atoms with Crippen LogP contribution in [0.3, 0.4) is 0 Å². The number of anilines is 1. The zero-order valence-corrected chi connectivity index (χ0v) is 6.65. The topological polar surface area (TPSA) is 106 Å². The number of hydrogen-bond donors (Lipinski definition) is 3. The van der Waals surface area contributed by atoms with Crippen molar-refractivity contribution in [1.29, 1.82) is 0 Å². The molecule has 0 aliphatic carbocycles. The Morgan fingerprint density at radius 3 is 2.67 bits per heavy atom. The lowest BCUT2D eigenvalue weighted by Crippen LogP contribution is -1.91. The number of nitrogens with two attached hydrogens (primary N) is 2. The van der Waals surface area contributed by atoms with Crippen LogP contribution in [0.4, 0.5) is 5.82 Å². The number of nitrogen functional groups attached to an aromatic ring is 1. The third kappa shape index (κ3) is 1.32. The third-order valence-electron chi connectivity index (χ3n) is 1.25. The zero-order valence-electron chi connectivity index (χ0n) is 6.65. The molecule has 0 aliphatic rings. The fourth-order valence-electron chi connectivity index (χ4n) is 0.784. The SMILES string of the molecule is CN.Nc1ncnc2nc[nH]c12. The molecule has 0 unspecified atom stereocenters. The molecule has 0 aliphatic heterocycles. The van der Waals surface area contributed by atoms with E-state index in [1.807, 2.05) is 0 Å². The molecule has 0 bridgehead atoms. The van der Waals surface area contributed by atoms with E-state index in [4.69, 9.17) is 5.73 Å². The van der Waals surface area contributed by atoms with Crippen LogP contribution in [0.25, 0.3) is 11.2 Å². The lowest BCUT2D eigenvalue weighted by Gasteiger charge is -1.89. The van der Waals surface area contributed by atoms with E-state index in [-0.39, 0.29) is 0 Å². The van der Waals surface area contributed by atoms with Gasteiger partial charge in [0.25, 0.3) is 0 Å². The molecule has 0 fully saturated rings. The van der Waals surface area contributed by atoms with Crippen molar-refractivity contribution in [2.45, 2.75) is 0 Å². The fourth-order valence-corrected chi connectivity index (χ4v) is 0.784. The van der Waals surface area contributed by atoms with Crippen LogP contribution in [0.2, 0.25) is 0 Å². The molecule has 0 saturated carbocycles. The monoisotopic (exact) mass is 166 g/mol. The third-order valence-corrected chi connectivity index (χ3v) is 1.25. The second kappa shape index (κ2) is 3.63. The van der Waals surface area contributed by atoms with E-state index in [0.29, 0.717) is 17.0 Å². The van der Waals surface area contributed by atoms with E-state index < -0.39 is 0 Å². The largest absolute Gasteiger partial charge is 0.382 e. The van der Waals surface area contributed by atoms with E-state index in [9.17, 15) is 0 Å². The molecule has 12 heavy (non-hydrogen) atoms. The highest BCUT2D eigenvalue weighted by Gasteiger charge is 1.99. The highest BCUT2D eigenvalue weighted by Crippen LogP contribution is 2.09. The van der Waals surface area contributed by atoms with Crippen LogP contribution in [-0.2, 0) is 0 Å². The number of fused-ring (bicyclic) bond motifs is 1. The van der Waals surface area contributed by atoms with E-state index in [1.54, 1.807) is 0 Å². The van der Waals surface area contributed by atoms with Crippen LogP contribution in [0.1, 0.15) is 0 Å². The molecule has 64 valence electrons. The first-order chi connectivity index (χ1) is 5.88. The molecule has 6 heteroatoms. The average Bonchev–Trinajstić information content (AvgIpc) is 2.57. The molecule has 0 radical (unpaired) electrons. The molecule has 2 aromatic heterocycles. The Kier molecular flexibility index (Phi) is 2.54. The number of hydrogen-bond acceptors (Lipinski definition) is 5. The van der Waals surface area contributed by atoms with Gasteiger partial charge in [-0.3, -0.25) is 0 Å². The van der Waals surface area contributed by atoms with Gasteiger partial charge in [0.15, 0.2) is 11.5 Å². The van der Waals surface area contributed by atoms with Crippen LogP contribution < -0.4 is 11.5 Å². The van der Waals surface area contributed by atoms with Crippen molar-refractivity contribution in [1.82, 2.24) is 19.9 Å². The van der Waals surface area contributed by atoms with Gasteiger partial charge in [0, 0.05) is 0 Å². The Morgan fingerprint density at radius 2 is 2.00 bits per heavy atom. The first-order valence-corrected chi connectivity index (χ1v) is 3.35. The van der Waals surface area contributed by atoms with Crippen molar-refractivity contribution in [3.05, 3.63) is 12.7 Å². The number of nitrogens with one attached hydrogen (secondary N) is 1. The molecule has 2 aromatic rings. The summed E-state index contributed by atoms with van der Waals surface area (Å²) in [5, 5.41) is 0. The Morgan fingerprint density at radius 1 is 1.25 bits per heavy atom. The Bertz CT molecular complexity index is 354. The van der Waals surface area contributed by atoms with E-state index in [2.05, 4.69) is 25.7 Å². The van der Waals surface area contributed by atoms with Gasteiger partial charge in [-0.25, -0.2) is 15.0 Å². The highest BCUT2D eigenvalue weighted by molar-refractivity contribution is 5.80. The number of aromatic nitrogens is 4. The second-order valence-corrected chi connectivity index (χ2v) is 1.86. The highest BCUT2D eigenvalue weighted by atomic mass is 15.0. The van der Waals surface area contributed by atoms with Gasteiger partial charge >= 0.3 is 0 Å². The predicted molar refractivity (Wildman–Crippen MR) is 46.2 cm³/mol. The normalized spacial score (nSPS) is 9.17. The summed E-state index contributed by atoms with van der Waals surface area (Å²) in [5.41, 5.74) is 11.3. The fraction of sp³-hybridized carbons (Fsp3) is 0.167. The summed E-state index contributed by atoms with van der Waals surface area (Å²) in [7, 11) is 1.50. The van der Waals surface area contributed by atoms with Crippen molar-refractivity contribution in [3.63, 3.8) is 0 Å². The van der Waals surface area contributed by atoms with Gasteiger partial charge < -0.3 is 16.5 Å². The Hall–Kier alpha value is -1.69. The van der Waals surface area contributed by atoms with Crippen LogP contribution in [-0.4, -0.2) is 27.0 Å². The maximum absolute atomic E-state index is 5.48. The minimum absolute atomic E-state index is 0.433. The molecule has 0 amide bonds. The van der Waals surface area contributed by atoms with Gasteiger partial charge in [0.2, 0.25) is 0 Å². The summed E-state index contributed by atoms with van der Waals surface area (Å²) >= 11 is 0. The predicted octanol–water partition coefficient (Wildman–Crippen LogP) is -0.490. The van der Waals surface area contributed by atoms with Crippen LogP contribution in [0, 0.1) is 0 Å². The quantitative estimate of drug-likeness (QED) is 0.489.